The van der Waals surface area contributed by atoms with E-state index in [1.807, 2.05) is 13.8 Å². The second-order valence-corrected chi connectivity index (χ2v) is 21.4. The number of fused-ring (bicyclic) bond motifs is 2. The molecule has 9 unspecified atom stereocenters. The summed E-state index contributed by atoms with van der Waals surface area (Å²) in [6.45, 7) is 14.2. The molecule has 0 aromatic heterocycles. The monoisotopic (exact) mass is 1040 g/mol. The molecular formula is C56H98N10O8. The maximum atomic E-state index is 14.5. The normalized spacial score (nSPS) is 24.3. The predicted molar refractivity (Wildman–Crippen MR) is 291 cm³/mol. The van der Waals surface area contributed by atoms with Crippen LogP contribution in [0, 0.1) is 11.8 Å². The van der Waals surface area contributed by atoms with Crippen molar-refractivity contribution in [1.29, 1.82) is 0 Å². The molecule has 420 valence electrons. The minimum absolute atomic E-state index is 0.0871. The molecule has 11 N–H and O–H groups in total. The number of hydrogen-bond donors (Lipinski definition) is 9. The van der Waals surface area contributed by atoms with Crippen LogP contribution in [0.5, 0.6) is 5.75 Å². The molecule has 1 aromatic carbocycles. The van der Waals surface area contributed by atoms with Gasteiger partial charge in [0.15, 0.2) is 0 Å². The smallest absolute Gasteiger partial charge is 0.245 e. The number of carbonyl (C=O) groups excluding carboxylic acids is 7. The number of hydrogen-bond acceptors (Lipinski definition) is 11. The first-order valence-electron chi connectivity index (χ1n) is 28.5. The summed E-state index contributed by atoms with van der Waals surface area (Å²) >= 11 is 0. The van der Waals surface area contributed by atoms with E-state index in [1.165, 1.54) is 49.0 Å². The van der Waals surface area contributed by atoms with E-state index in [0.29, 0.717) is 70.9 Å². The molecule has 3 aliphatic heterocycles. The van der Waals surface area contributed by atoms with Crippen molar-refractivity contribution in [3.63, 3.8) is 0 Å². The van der Waals surface area contributed by atoms with Crippen LogP contribution in [0.1, 0.15) is 182 Å². The second-order valence-electron chi connectivity index (χ2n) is 21.4. The van der Waals surface area contributed by atoms with Crippen molar-refractivity contribution < 1.29 is 38.7 Å². The molecule has 3 saturated heterocycles. The molecule has 18 nitrogen and oxygen atoms in total. The van der Waals surface area contributed by atoms with Gasteiger partial charge >= 0.3 is 0 Å². The Kier molecular flexibility index (Phi) is 29.8. The molecule has 0 bridgehead atoms. The number of aromatic hydroxyl groups is 1. The molecule has 3 fully saturated rings. The summed E-state index contributed by atoms with van der Waals surface area (Å²) in [5, 5.41) is 28.3. The van der Waals surface area contributed by atoms with E-state index in [0.717, 1.165) is 36.7 Å². The van der Waals surface area contributed by atoms with Crippen molar-refractivity contribution in [3.05, 3.63) is 29.8 Å². The zero-order chi connectivity index (χ0) is 54.6. The van der Waals surface area contributed by atoms with Crippen LogP contribution in [-0.2, 0) is 40.0 Å². The van der Waals surface area contributed by atoms with E-state index in [4.69, 9.17) is 5.73 Å². The summed E-state index contributed by atoms with van der Waals surface area (Å²) in [6, 6.07) is 0.391. The fourth-order valence-electron chi connectivity index (χ4n) is 10.5. The topological polar surface area (TPSA) is 270 Å². The van der Waals surface area contributed by atoms with Gasteiger partial charge in [0, 0.05) is 31.6 Å². The highest BCUT2D eigenvalue weighted by Gasteiger charge is 2.42. The average Bonchev–Trinajstić information content (AvgIpc) is 4.09. The Hall–Kier alpha value is -4.81. The number of phenols is 1. The molecule has 0 radical (unpaired) electrons. The quantitative estimate of drug-likeness (QED) is 0.0633. The van der Waals surface area contributed by atoms with Crippen LogP contribution >= 0.6 is 0 Å². The van der Waals surface area contributed by atoms with Crippen LogP contribution in [0.2, 0.25) is 0 Å². The van der Waals surface area contributed by atoms with E-state index in [-0.39, 0.29) is 68.8 Å². The first-order valence-corrected chi connectivity index (χ1v) is 28.5. The maximum Gasteiger partial charge on any atom is 0.245 e. The Bertz CT molecular complexity index is 1870. The van der Waals surface area contributed by atoms with Crippen molar-refractivity contribution in [1.82, 2.24) is 41.7 Å². The number of carbonyl (C=O) groups is 7. The van der Waals surface area contributed by atoms with E-state index < -0.39 is 71.8 Å². The molecule has 1 aromatic rings. The molecule has 18 heteroatoms. The van der Waals surface area contributed by atoms with Crippen LogP contribution in [0.25, 0.3) is 0 Å². The number of nitrogens with two attached hydrogens (primary N) is 2. The first kappa shape index (κ1) is 63.5. The average molecular weight is 1040 g/mol. The van der Waals surface area contributed by atoms with E-state index in [2.05, 4.69) is 58.4 Å². The van der Waals surface area contributed by atoms with Crippen LogP contribution in [0.4, 0.5) is 0 Å². The Balaban J connectivity index is 0.00000713. The lowest BCUT2D eigenvalue weighted by Crippen LogP contribution is -2.59. The summed E-state index contributed by atoms with van der Waals surface area (Å²) in [5.74, 6) is -1.52. The molecule has 9 atom stereocenters. The largest absolute Gasteiger partial charge is 0.508 e. The third-order valence-electron chi connectivity index (χ3n) is 15.0. The van der Waals surface area contributed by atoms with Gasteiger partial charge in [-0.15, -0.1) is 0 Å². The van der Waals surface area contributed by atoms with Gasteiger partial charge in [0.2, 0.25) is 41.4 Å². The Labute approximate surface area is 443 Å². The van der Waals surface area contributed by atoms with Gasteiger partial charge in [-0.1, -0.05) is 98.6 Å². The second kappa shape index (κ2) is 34.7. The number of aryl methyl sites for hydroxylation is 1. The number of amides is 7. The summed E-state index contributed by atoms with van der Waals surface area (Å²) in [7, 11) is 1.50. The van der Waals surface area contributed by atoms with Gasteiger partial charge in [-0.05, 0) is 140 Å². The lowest BCUT2D eigenvalue weighted by atomic mass is 9.91. The number of rotatable bonds is 24. The molecule has 7 amide bonds. The molecule has 0 aliphatic carbocycles. The molecule has 0 saturated carbocycles. The van der Waals surface area contributed by atoms with Crippen molar-refractivity contribution in [2.24, 2.45) is 23.3 Å². The summed E-state index contributed by atoms with van der Waals surface area (Å²) in [6.07, 6.45) is 14.3. The van der Waals surface area contributed by atoms with Gasteiger partial charge in [-0.25, -0.2) is 0 Å². The van der Waals surface area contributed by atoms with Crippen molar-refractivity contribution >= 4 is 41.4 Å². The lowest BCUT2D eigenvalue weighted by Gasteiger charge is -2.31. The van der Waals surface area contributed by atoms with Crippen LogP contribution in [-0.4, -0.2) is 138 Å². The van der Waals surface area contributed by atoms with Gasteiger partial charge in [-0.3, -0.25) is 33.6 Å². The molecule has 0 spiro atoms. The zero-order valence-electron chi connectivity index (χ0n) is 46.3. The third-order valence-corrected chi connectivity index (χ3v) is 15.0. The Morgan fingerprint density at radius 3 is 1.86 bits per heavy atom. The highest BCUT2D eigenvalue weighted by molar-refractivity contribution is 5.97. The lowest BCUT2D eigenvalue weighted by molar-refractivity contribution is -0.143. The SMILES string of the molecule is CCC(C)CC(C)CCCCCCCCC(=O)NC1CCC(CCNC(C)C)NC(=O)C2CCCN2C(=O)C(CCCN)NC(=O)C(CCc2ccc(O)cc2)NC(=O)C2CCCN2C(=O)C(CC)NC1=O.CN. The predicted octanol–water partition coefficient (Wildman–Crippen LogP) is 4.83. The molecular weight excluding hydrogens is 941 g/mol. The summed E-state index contributed by atoms with van der Waals surface area (Å²) < 4.78 is 0. The van der Waals surface area contributed by atoms with Crippen LogP contribution < -0.4 is 43.4 Å². The van der Waals surface area contributed by atoms with Crippen LogP contribution in [0.15, 0.2) is 24.3 Å². The third kappa shape index (κ3) is 21.8. The maximum absolute atomic E-state index is 14.5. The number of nitrogens with one attached hydrogen (secondary N) is 6. The number of benzene rings is 1. The van der Waals surface area contributed by atoms with Gasteiger partial charge in [-0.2, -0.15) is 0 Å². The zero-order valence-corrected chi connectivity index (χ0v) is 46.3. The number of nitrogens with zero attached hydrogens (tertiary/aromatic N) is 2. The van der Waals surface area contributed by atoms with E-state index in [1.54, 1.807) is 31.2 Å². The van der Waals surface area contributed by atoms with Gasteiger partial charge in [0.25, 0.3) is 0 Å². The van der Waals surface area contributed by atoms with Gasteiger partial charge in [0.1, 0.15) is 42.0 Å². The summed E-state index contributed by atoms with van der Waals surface area (Å²) in [5.41, 5.74) is 11.2. The Morgan fingerprint density at radius 2 is 1.26 bits per heavy atom. The number of unbranched alkanes of at least 4 members (excludes halogenated alkanes) is 5. The first-order chi connectivity index (χ1) is 35.5. The molecule has 3 heterocycles. The number of phenolic OH excluding ortho intramolecular Hbond substituents is 1. The van der Waals surface area contributed by atoms with Crippen LogP contribution in [0.3, 0.4) is 0 Å². The minimum atomic E-state index is -1.12. The van der Waals surface area contributed by atoms with Crippen molar-refractivity contribution in [3.8, 4) is 5.75 Å². The van der Waals surface area contributed by atoms with Crippen molar-refractivity contribution in [2.75, 3.05) is 33.2 Å². The van der Waals surface area contributed by atoms with E-state index in [9.17, 15) is 38.7 Å². The van der Waals surface area contributed by atoms with E-state index >= 15 is 0 Å². The fraction of sp³-hybridized carbons (Fsp3) is 0.768. The molecule has 3 aliphatic rings. The van der Waals surface area contributed by atoms with Gasteiger partial charge in [0.05, 0.1) is 0 Å². The van der Waals surface area contributed by atoms with Crippen molar-refractivity contribution in [2.45, 2.75) is 231 Å². The standard InChI is InChI=1S/C55H93N9O8.CH5N/c1-7-38(5)36-39(6)18-13-11-9-10-12-14-22-49(66)59-44-30-26-41(31-33-57-37(3)4)58-52(69)47-20-16-35-64(47)55(72)46(19-15-32-56)62-51(68)45(29-25-40-23-27-42(65)28-24-40)61-53(70)48-21-17-34-63(48)54(71)43(8-2)60-50(44)67;1-2/h23-24,27-28,37-39,41,43-48,57,65H,7-22,25-26,29-36,56H2,1-6H3,(H,58,69)(H,59,66)(H,60,67)(H,61,70)(H,62,68);2H2,1H3. The Morgan fingerprint density at radius 1 is 0.676 bits per heavy atom. The minimum Gasteiger partial charge on any atom is -0.508 e. The highest BCUT2D eigenvalue weighted by Crippen LogP contribution is 2.24. The summed E-state index contributed by atoms with van der Waals surface area (Å²) in [4.78, 5) is 103. The van der Waals surface area contributed by atoms with Gasteiger partial charge < -0.3 is 58.3 Å². The highest BCUT2D eigenvalue weighted by atomic mass is 16.3. The molecule has 74 heavy (non-hydrogen) atoms. The fourth-order valence-corrected chi connectivity index (χ4v) is 10.5. The molecule has 4 rings (SSSR count).